The van der Waals surface area contributed by atoms with Crippen LogP contribution < -0.4 is 0 Å². The fourth-order valence-corrected chi connectivity index (χ4v) is 2.25. The SMILES string of the molecule is CCC(C)OC(=O)C(CCCCCCCCBr)C(=O)O. The third kappa shape index (κ3) is 9.34. The lowest BCUT2D eigenvalue weighted by molar-refractivity contribution is -0.162. The number of unbranched alkanes of at least 4 members (excludes halogenated alkanes) is 5. The van der Waals surface area contributed by atoms with Crippen molar-refractivity contribution >= 4 is 27.9 Å². The molecule has 2 atom stereocenters. The second-order valence-corrected chi connectivity index (χ2v) is 5.94. The van der Waals surface area contributed by atoms with Crippen molar-refractivity contribution in [2.75, 3.05) is 5.33 Å². The van der Waals surface area contributed by atoms with Crippen LogP contribution in [0.15, 0.2) is 0 Å². The maximum absolute atomic E-state index is 11.8. The molecular formula is C15H27BrO4. The normalized spacial score (nSPS) is 13.8. The first-order chi connectivity index (χ1) is 9.52. The molecule has 0 heterocycles. The molecule has 2 unspecified atom stereocenters. The molecule has 0 saturated carbocycles. The summed E-state index contributed by atoms with van der Waals surface area (Å²) < 4.78 is 5.11. The summed E-state index contributed by atoms with van der Waals surface area (Å²) in [7, 11) is 0. The summed E-state index contributed by atoms with van der Waals surface area (Å²) in [6.45, 7) is 3.68. The second-order valence-electron chi connectivity index (χ2n) is 5.15. The van der Waals surface area contributed by atoms with E-state index in [0.29, 0.717) is 12.8 Å². The Kier molecular flexibility index (Phi) is 11.8. The number of carbonyl (C=O) groups excluding carboxylic acids is 1. The van der Waals surface area contributed by atoms with Crippen molar-refractivity contribution in [2.45, 2.75) is 71.3 Å². The van der Waals surface area contributed by atoms with E-state index in [9.17, 15) is 9.59 Å². The molecule has 0 aromatic rings. The van der Waals surface area contributed by atoms with Gasteiger partial charge in [0.05, 0.1) is 6.10 Å². The number of ether oxygens (including phenoxy) is 1. The van der Waals surface area contributed by atoms with E-state index in [1.165, 1.54) is 19.3 Å². The standard InChI is InChI=1S/C15H27BrO4/c1-3-12(2)20-15(19)13(14(17)18)10-8-6-4-5-7-9-11-16/h12-13H,3-11H2,1-2H3,(H,17,18). The van der Waals surface area contributed by atoms with E-state index in [2.05, 4.69) is 15.9 Å². The summed E-state index contributed by atoms with van der Waals surface area (Å²) in [5, 5.41) is 10.1. The van der Waals surface area contributed by atoms with E-state index < -0.39 is 17.9 Å². The van der Waals surface area contributed by atoms with Gasteiger partial charge in [0, 0.05) is 5.33 Å². The zero-order valence-electron chi connectivity index (χ0n) is 12.6. The lowest BCUT2D eigenvalue weighted by atomic mass is 10.0. The Labute approximate surface area is 130 Å². The third-order valence-electron chi connectivity index (χ3n) is 3.35. The predicted molar refractivity (Wildman–Crippen MR) is 83.1 cm³/mol. The van der Waals surface area contributed by atoms with E-state index in [-0.39, 0.29) is 6.10 Å². The van der Waals surface area contributed by atoms with Crippen molar-refractivity contribution in [1.82, 2.24) is 0 Å². The number of hydrogen-bond donors (Lipinski definition) is 1. The van der Waals surface area contributed by atoms with E-state index in [0.717, 1.165) is 24.6 Å². The number of carboxylic acids is 1. The molecule has 0 aliphatic carbocycles. The second kappa shape index (κ2) is 12.2. The number of halogens is 1. The van der Waals surface area contributed by atoms with E-state index in [1.54, 1.807) is 6.92 Å². The van der Waals surface area contributed by atoms with Gasteiger partial charge in [-0.3, -0.25) is 9.59 Å². The molecule has 0 aromatic heterocycles. The molecule has 0 aliphatic rings. The van der Waals surface area contributed by atoms with Gasteiger partial charge < -0.3 is 9.84 Å². The summed E-state index contributed by atoms with van der Waals surface area (Å²) >= 11 is 3.39. The smallest absolute Gasteiger partial charge is 0.320 e. The van der Waals surface area contributed by atoms with Crippen LogP contribution in [-0.2, 0) is 14.3 Å². The number of alkyl halides is 1. The molecule has 5 heteroatoms. The summed E-state index contributed by atoms with van der Waals surface area (Å²) in [5.41, 5.74) is 0. The van der Waals surface area contributed by atoms with Crippen LogP contribution >= 0.6 is 15.9 Å². The first kappa shape index (κ1) is 19.4. The molecule has 0 aliphatic heterocycles. The quantitative estimate of drug-likeness (QED) is 0.248. The van der Waals surface area contributed by atoms with Crippen LogP contribution in [0.2, 0.25) is 0 Å². The Bertz CT molecular complexity index is 281. The minimum atomic E-state index is -1.07. The minimum absolute atomic E-state index is 0.214. The van der Waals surface area contributed by atoms with Gasteiger partial charge >= 0.3 is 11.9 Å². The highest BCUT2D eigenvalue weighted by atomic mass is 79.9. The van der Waals surface area contributed by atoms with Crippen molar-refractivity contribution in [3.63, 3.8) is 0 Å². The Morgan fingerprint density at radius 2 is 1.65 bits per heavy atom. The van der Waals surface area contributed by atoms with Crippen molar-refractivity contribution in [2.24, 2.45) is 5.92 Å². The molecular weight excluding hydrogens is 324 g/mol. The van der Waals surface area contributed by atoms with Gasteiger partial charge in [-0.2, -0.15) is 0 Å². The lowest BCUT2D eigenvalue weighted by Crippen LogP contribution is -2.28. The molecule has 0 saturated heterocycles. The molecule has 0 aromatic carbocycles. The van der Waals surface area contributed by atoms with E-state index in [4.69, 9.17) is 9.84 Å². The van der Waals surface area contributed by atoms with Crippen LogP contribution in [0.5, 0.6) is 0 Å². The molecule has 4 nitrogen and oxygen atoms in total. The van der Waals surface area contributed by atoms with Gasteiger partial charge in [0.1, 0.15) is 0 Å². The van der Waals surface area contributed by atoms with Gasteiger partial charge in [-0.25, -0.2) is 0 Å². The van der Waals surface area contributed by atoms with Crippen LogP contribution in [0.25, 0.3) is 0 Å². The lowest BCUT2D eigenvalue weighted by Gasteiger charge is -2.15. The predicted octanol–water partition coefficient (Wildman–Crippen LogP) is 4.15. The zero-order valence-corrected chi connectivity index (χ0v) is 14.2. The Hall–Kier alpha value is -0.580. The van der Waals surface area contributed by atoms with Crippen molar-refractivity contribution in [3.05, 3.63) is 0 Å². The van der Waals surface area contributed by atoms with Crippen LogP contribution in [0.4, 0.5) is 0 Å². The summed E-state index contributed by atoms with van der Waals surface area (Å²) in [4.78, 5) is 22.9. The fourth-order valence-electron chi connectivity index (χ4n) is 1.86. The van der Waals surface area contributed by atoms with E-state index >= 15 is 0 Å². The van der Waals surface area contributed by atoms with Gasteiger partial charge in [0.25, 0.3) is 0 Å². The number of esters is 1. The highest BCUT2D eigenvalue weighted by Crippen LogP contribution is 2.15. The van der Waals surface area contributed by atoms with Gasteiger partial charge in [-0.15, -0.1) is 0 Å². The molecule has 118 valence electrons. The van der Waals surface area contributed by atoms with Gasteiger partial charge in [-0.05, 0) is 26.2 Å². The van der Waals surface area contributed by atoms with Gasteiger partial charge in [0.15, 0.2) is 5.92 Å². The first-order valence-electron chi connectivity index (χ1n) is 7.52. The molecule has 0 spiro atoms. The molecule has 0 radical (unpaired) electrons. The maximum Gasteiger partial charge on any atom is 0.320 e. The number of rotatable bonds is 12. The fraction of sp³-hybridized carbons (Fsp3) is 0.867. The number of carbonyl (C=O) groups is 2. The highest BCUT2D eigenvalue weighted by molar-refractivity contribution is 9.09. The average molecular weight is 351 g/mol. The number of carboxylic acid groups (broad SMARTS) is 1. The summed E-state index contributed by atoms with van der Waals surface area (Å²) in [6.07, 6.45) is 7.25. The molecule has 0 amide bonds. The topological polar surface area (TPSA) is 63.6 Å². The Balaban J connectivity index is 3.91. The van der Waals surface area contributed by atoms with Crippen LogP contribution in [0, 0.1) is 5.92 Å². The first-order valence-corrected chi connectivity index (χ1v) is 8.64. The van der Waals surface area contributed by atoms with Crippen LogP contribution in [0.3, 0.4) is 0 Å². The van der Waals surface area contributed by atoms with Crippen LogP contribution in [-0.4, -0.2) is 28.5 Å². The summed E-state index contributed by atoms with van der Waals surface area (Å²) in [6, 6.07) is 0. The molecule has 0 bridgehead atoms. The van der Waals surface area contributed by atoms with Gasteiger partial charge in [0.2, 0.25) is 0 Å². The maximum atomic E-state index is 11.8. The minimum Gasteiger partial charge on any atom is -0.481 e. The van der Waals surface area contributed by atoms with Crippen molar-refractivity contribution in [3.8, 4) is 0 Å². The molecule has 20 heavy (non-hydrogen) atoms. The largest absolute Gasteiger partial charge is 0.481 e. The van der Waals surface area contributed by atoms with E-state index in [1.807, 2.05) is 6.92 Å². The monoisotopic (exact) mass is 350 g/mol. The van der Waals surface area contributed by atoms with Gasteiger partial charge in [-0.1, -0.05) is 55.0 Å². The Morgan fingerprint density at radius 1 is 1.10 bits per heavy atom. The Morgan fingerprint density at radius 3 is 2.15 bits per heavy atom. The highest BCUT2D eigenvalue weighted by Gasteiger charge is 2.28. The molecule has 0 fully saturated rings. The molecule has 0 rings (SSSR count). The van der Waals surface area contributed by atoms with Crippen molar-refractivity contribution < 1.29 is 19.4 Å². The third-order valence-corrected chi connectivity index (χ3v) is 3.91. The molecule has 1 N–H and O–H groups in total. The summed E-state index contributed by atoms with van der Waals surface area (Å²) in [5.74, 6) is -2.67. The zero-order chi connectivity index (χ0) is 15.4. The number of hydrogen-bond acceptors (Lipinski definition) is 3. The van der Waals surface area contributed by atoms with Crippen molar-refractivity contribution in [1.29, 1.82) is 0 Å². The van der Waals surface area contributed by atoms with Crippen LogP contribution in [0.1, 0.15) is 65.2 Å². The number of aliphatic carboxylic acids is 1. The average Bonchev–Trinajstić information content (AvgIpc) is 2.41.